The molecule has 2 aromatic rings. The number of amides is 1. The van der Waals surface area contributed by atoms with E-state index in [0.717, 1.165) is 31.8 Å². The first-order chi connectivity index (χ1) is 10.0. The van der Waals surface area contributed by atoms with E-state index < -0.39 is 5.97 Å². The van der Waals surface area contributed by atoms with Crippen molar-refractivity contribution in [2.75, 3.05) is 11.1 Å². The van der Waals surface area contributed by atoms with Gasteiger partial charge in [-0.3, -0.25) is 14.9 Å². The number of anilines is 1. The molecule has 2 aromatic heterocycles. The summed E-state index contributed by atoms with van der Waals surface area (Å²) >= 11 is 7.06. The quantitative estimate of drug-likeness (QED) is 0.435. The fourth-order valence-corrected chi connectivity index (χ4v) is 3.97. The number of halogens is 1. The average Bonchev–Trinajstić information content (AvgIpc) is 3.03. The zero-order valence-electron chi connectivity index (χ0n) is 10.3. The van der Waals surface area contributed by atoms with Gasteiger partial charge in [-0.15, -0.1) is 21.5 Å². The maximum Gasteiger partial charge on any atom is 0.313 e. The van der Waals surface area contributed by atoms with Gasteiger partial charge >= 0.3 is 5.97 Å². The summed E-state index contributed by atoms with van der Waals surface area (Å²) < 4.78 is 1.49. The van der Waals surface area contributed by atoms with E-state index in [1.807, 2.05) is 12.1 Å². The third-order valence-electron chi connectivity index (χ3n) is 1.95. The Morgan fingerprint density at radius 3 is 2.86 bits per heavy atom. The standard InChI is InChI=1S/C11H8BrN3O3S3/c12-7-3-1-6(20-7)2-4-8(16)13-10-14-15-11(21-10)19-5-9(17)18/h1-4H,5H2,(H,17,18)(H,13,14,16)/b4-2+. The van der Waals surface area contributed by atoms with E-state index in [1.165, 1.54) is 17.4 Å². The van der Waals surface area contributed by atoms with Gasteiger partial charge in [0.2, 0.25) is 11.0 Å². The molecule has 0 radical (unpaired) electrons. The van der Waals surface area contributed by atoms with Crippen LogP contribution in [0.1, 0.15) is 4.88 Å². The van der Waals surface area contributed by atoms with Crippen molar-refractivity contribution < 1.29 is 14.7 Å². The van der Waals surface area contributed by atoms with Crippen molar-refractivity contribution in [2.24, 2.45) is 0 Å². The molecule has 10 heteroatoms. The molecular formula is C11H8BrN3O3S3. The molecule has 0 aliphatic heterocycles. The second kappa shape index (κ2) is 7.69. The maximum absolute atomic E-state index is 11.7. The second-order valence-electron chi connectivity index (χ2n) is 3.52. The number of hydrogen-bond donors (Lipinski definition) is 2. The highest BCUT2D eigenvalue weighted by Crippen LogP contribution is 2.25. The SMILES string of the molecule is O=C(O)CSc1nnc(NC(=O)/C=C/c2ccc(Br)s2)s1. The van der Waals surface area contributed by atoms with E-state index in [2.05, 4.69) is 31.4 Å². The van der Waals surface area contributed by atoms with Crippen LogP contribution in [0.4, 0.5) is 5.13 Å². The minimum atomic E-state index is -0.925. The Morgan fingerprint density at radius 1 is 1.38 bits per heavy atom. The summed E-state index contributed by atoms with van der Waals surface area (Å²) in [6, 6.07) is 3.79. The van der Waals surface area contributed by atoms with Gasteiger partial charge in [0.05, 0.1) is 9.54 Å². The summed E-state index contributed by atoms with van der Waals surface area (Å²) in [6.45, 7) is 0. The van der Waals surface area contributed by atoms with E-state index in [9.17, 15) is 9.59 Å². The number of carbonyl (C=O) groups is 2. The highest BCUT2D eigenvalue weighted by atomic mass is 79.9. The Kier molecular flexibility index (Phi) is 5.91. The van der Waals surface area contributed by atoms with Crippen molar-refractivity contribution in [3.63, 3.8) is 0 Å². The van der Waals surface area contributed by atoms with Crippen molar-refractivity contribution in [1.29, 1.82) is 0 Å². The minimum Gasteiger partial charge on any atom is -0.481 e. The van der Waals surface area contributed by atoms with Gasteiger partial charge in [-0.2, -0.15) is 0 Å². The number of thioether (sulfide) groups is 1. The third-order valence-corrected chi connectivity index (χ3v) is 5.49. The van der Waals surface area contributed by atoms with Gasteiger partial charge in [-0.05, 0) is 34.1 Å². The number of aromatic nitrogens is 2. The number of nitrogens with one attached hydrogen (secondary N) is 1. The number of aliphatic carboxylic acids is 1. The molecule has 6 nitrogen and oxygen atoms in total. The Labute approximate surface area is 140 Å². The van der Waals surface area contributed by atoms with Crippen LogP contribution >= 0.6 is 50.4 Å². The smallest absolute Gasteiger partial charge is 0.313 e. The van der Waals surface area contributed by atoms with Gasteiger partial charge in [0.1, 0.15) is 0 Å². The van der Waals surface area contributed by atoms with Crippen molar-refractivity contribution in [3.05, 3.63) is 26.9 Å². The molecule has 0 aliphatic rings. The molecule has 0 saturated carbocycles. The normalized spacial score (nSPS) is 10.9. The van der Waals surface area contributed by atoms with Crippen molar-refractivity contribution in [3.8, 4) is 0 Å². The number of hydrogen-bond acceptors (Lipinski definition) is 7. The van der Waals surface area contributed by atoms with E-state index in [0.29, 0.717) is 9.47 Å². The van der Waals surface area contributed by atoms with Crippen LogP contribution in [-0.2, 0) is 9.59 Å². The van der Waals surface area contributed by atoms with Gasteiger partial charge in [-0.25, -0.2) is 0 Å². The van der Waals surface area contributed by atoms with Crippen LogP contribution in [0.25, 0.3) is 6.08 Å². The molecule has 110 valence electrons. The summed E-state index contributed by atoms with van der Waals surface area (Å²) in [5, 5.41) is 19.0. The van der Waals surface area contributed by atoms with Crippen molar-refractivity contribution in [1.82, 2.24) is 10.2 Å². The molecular weight excluding hydrogens is 398 g/mol. The average molecular weight is 406 g/mol. The molecule has 0 fully saturated rings. The van der Waals surface area contributed by atoms with Crippen LogP contribution < -0.4 is 5.32 Å². The fraction of sp³-hybridized carbons (Fsp3) is 0.0909. The molecule has 2 N–H and O–H groups in total. The number of carboxylic acid groups (broad SMARTS) is 1. The number of thiophene rings is 1. The number of rotatable bonds is 6. The number of carboxylic acids is 1. The molecule has 0 aliphatic carbocycles. The van der Waals surface area contributed by atoms with Gasteiger partial charge in [0.25, 0.3) is 0 Å². The van der Waals surface area contributed by atoms with Crippen molar-refractivity contribution in [2.45, 2.75) is 4.34 Å². The zero-order valence-corrected chi connectivity index (χ0v) is 14.3. The molecule has 0 spiro atoms. The lowest BCUT2D eigenvalue weighted by atomic mass is 10.4. The van der Waals surface area contributed by atoms with Crippen molar-refractivity contribution >= 4 is 73.4 Å². The Balaban J connectivity index is 1.87. The third kappa shape index (κ3) is 5.58. The van der Waals surface area contributed by atoms with Crippen LogP contribution in [0.3, 0.4) is 0 Å². The van der Waals surface area contributed by atoms with Crippen LogP contribution in [-0.4, -0.2) is 32.9 Å². The molecule has 0 atom stereocenters. The van der Waals surface area contributed by atoms with Gasteiger partial charge in [0, 0.05) is 11.0 Å². The molecule has 2 heterocycles. The second-order valence-corrected chi connectivity index (χ2v) is 8.21. The first kappa shape index (κ1) is 16.1. The fourth-order valence-electron chi connectivity index (χ4n) is 1.16. The van der Waals surface area contributed by atoms with Crippen LogP contribution in [0.15, 0.2) is 26.3 Å². The topological polar surface area (TPSA) is 92.2 Å². The van der Waals surface area contributed by atoms with Gasteiger partial charge in [-0.1, -0.05) is 23.1 Å². The lowest BCUT2D eigenvalue weighted by Crippen LogP contribution is -2.07. The van der Waals surface area contributed by atoms with E-state index in [-0.39, 0.29) is 11.7 Å². The van der Waals surface area contributed by atoms with E-state index in [4.69, 9.17) is 5.11 Å². The summed E-state index contributed by atoms with van der Waals surface area (Å²) in [4.78, 5) is 23.1. The van der Waals surface area contributed by atoms with Crippen LogP contribution in [0.5, 0.6) is 0 Å². The summed E-state index contributed by atoms with van der Waals surface area (Å²) in [7, 11) is 0. The highest BCUT2D eigenvalue weighted by molar-refractivity contribution is 9.11. The predicted molar refractivity (Wildman–Crippen MR) is 88.0 cm³/mol. The molecule has 0 bridgehead atoms. The summed E-state index contributed by atoms with van der Waals surface area (Å²) in [6.07, 6.45) is 3.11. The molecule has 0 unspecified atom stereocenters. The Bertz CT molecular complexity index is 683. The predicted octanol–water partition coefficient (Wildman–Crippen LogP) is 3.19. The first-order valence-corrected chi connectivity index (χ1v) is 8.86. The van der Waals surface area contributed by atoms with Crippen LogP contribution in [0, 0.1) is 0 Å². The maximum atomic E-state index is 11.7. The lowest BCUT2D eigenvalue weighted by molar-refractivity contribution is -0.133. The number of carbonyl (C=O) groups excluding carboxylic acids is 1. The largest absolute Gasteiger partial charge is 0.481 e. The summed E-state index contributed by atoms with van der Waals surface area (Å²) in [5.74, 6) is -1.33. The monoisotopic (exact) mass is 405 g/mol. The lowest BCUT2D eigenvalue weighted by Gasteiger charge is -1.93. The highest BCUT2D eigenvalue weighted by Gasteiger charge is 2.08. The molecule has 0 aromatic carbocycles. The molecule has 1 amide bonds. The minimum absolute atomic E-state index is 0.0876. The Hall–Kier alpha value is -1.23. The first-order valence-electron chi connectivity index (χ1n) is 5.45. The van der Waals surface area contributed by atoms with Gasteiger partial charge in [0.15, 0.2) is 4.34 Å². The molecule has 21 heavy (non-hydrogen) atoms. The zero-order chi connectivity index (χ0) is 15.2. The van der Waals surface area contributed by atoms with E-state index >= 15 is 0 Å². The summed E-state index contributed by atoms with van der Waals surface area (Å²) in [5.41, 5.74) is 0. The molecule has 2 rings (SSSR count). The van der Waals surface area contributed by atoms with Gasteiger partial charge < -0.3 is 5.11 Å². The van der Waals surface area contributed by atoms with Crippen LogP contribution in [0.2, 0.25) is 0 Å². The molecule has 0 saturated heterocycles. The Morgan fingerprint density at radius 2 is 2.19 bits per heavy atom. The number of nitrogens with zero attached hydrogens (tertiary/aromatic N) is 2. The van der Waals surface area contributed by atoms with E-state index in [1.54, 1.807) is 6.08 Å².